The molecule has 2 aromatic rings. The fourth-order valence-electron chi connectivity index (χ4n) is 3.53. The topological polar surface area (TPSA) is 55.8 Å². The number of rotatable bonds is 5. The van der Waals surface area contributed by atoms with Gasteiger partial charge in [-0.25, -0.2) is 4.79 Å². The lowest BCUT2D eigenvalue weighted by atomic mass is 9.97. The number of carbonyl (C=O) groups excluding carboxylic acids is 2. The molecule has 0 unspecified atom stereocenters. The van der Waals surface area contributed by atoms with Crippen LogP contribution in [0.4, 0.5) is 0 Å². The number of nitrogens with zero attached hydrogens (tertiary/aromatic N) is 1. The smallest absolute Gasteiger partial charge is 0.342 e. The molecule has 1 fully saturated rings. The predicted molar refractivity (Wildman–Crippen MR) is 103 cm³/mol. The molecule has 1 heterocycles. The molecule has 27 heavy (non-hydrogen) atoms. The van der Waals surface area contributed by atoms with Crippen LogP contribution in [0.2, 0.25) is 0 Å². The van der Waals surface area contributed by atoms with Gasteiger partial charge in [0.15, 0.2) is 6.61 Å². The second-order valence-electron chi connectivity index (χ2n) is 6.92. The number of likely N-dealkylation sites (tertiary alicyclic amines) is 1. The van der Waals surface area contributed by atoms with Gasteiger partial charge in [0.05, 0.1) is 0 Å². The number of ether oxygens (including phenoxy) is 2. The van der Waals surface area contributed by atoms with Gasteiger partial charge in [-0.05, 0) is 57.4 Å². The Balaban J connectivity index is 1.65. The molecule has 5 nitrogen and oxygen atoms in total. The standard InChI is InChI=1S/C22H25NO4/c1-16-9-8-10-17(2)23(16)21(24)15-26-22(25)19-13-6-7-14-20(19)27-18-11-4-3-5-12-18/h3-7,11-14,16-17H,8-10,15H2,1-2H3/t16-,17-/m1/s1. The first-order chi connectivity index (χ1) is 13.1. The summed E-state index contributed by atoms with van der Waals surface area (Å²) in [5.41, 5.74) is 0.300. The van der Waals surface area contributed by atoms with E-state index in [1.807, 2.05) is 49.1 Å². The Kier molecular flexibility index (Phi) is 6.12. The Bertz CT molecular complexity index is 780. The van der Waals surface area contributed by atoms with Crippen molar-refractivity contribution < 1.29 is 19.1 Å². The minimum absolute atomic E-state index is 0.149. The third-order valence-electron chi connectivity index (χ3n) is 4.89. The Morgan fingerprint density at radius 2 is 1.59 bits per heavy atom. The molecule has 1 aliphatic heterocycles. The predicted octanol–water partition coefficient (Wildman–Crippen LogP) is 4.43. The maximum Gasteiger partial charge on any atom is 0.342 e. The van der Waals surface area contributed by atoms with Crippen molar-refractivity contribution in [3.63, 3.8) is 0 Å². The SMILES string of the molecule is C[C@@H]1CCC[C@@H](C)N1C(=O)COC(=O)c1ccccc1Oc1ccccc1. The Hall–Kier alpha value is -2.82. The normalized spacial score (nSPS) is 19.4. The summed E-state index contributed by atoms with van der Waals surface area (Å²) in [6.45, 7) is 3.82. The van der Waals surface area contributed by atoms with E-state index >= 15 is 0 Å². The van der Waals surface area contributed by atoms with Crippen LogP contribution in [0, 0.1) is 0 Å². The molecule has 2 atom stereocenters. The monoisotopic (exact) mass is 367 g/mol. The van der Waals surface area contributed by atoms with Crippen LogP contribution < -0.4 is 4.74 Å². The first kappa shape index (κ1) is 19.0. The summed E-state index contributed by atoms with van der Waals surface area (Å²) in [6, 6.07) is 16.4. The fraction of sp³-hybridized carbons (Fsp3) is 0.364. The number of amides is 1. The zero-order valence-electron chi connectivity index (χ0n) is 15.8. The second-order valence-corrected chi connectivity index (χ2v) is 6.92. The fourth-order valence-corrected chi connectivity index (χ4v) is 3.53. The number of piperidine rings is 1. The highest BCUT2D eigenvalue weighted by Gasteiger charge is 2.29. The first-order valence-electron chi connectivity index (χ1n) is 9.36. The van der Waals surface area contributed by atoms with E-state index in [4.69, 9.17) is 9.47 Å². The highest BCUT2D eigenvalue weighted by molar-refractivity contribution is 5.94. The summed E-state index contributed by atoms with van der Waals surface area (Å²) >= 11 is 0. The molecule has 1 aliphatic rings. The molecule has 0 aliphatic carbocycles. The van der Waals surface area contributed by atoms with E-state index in [-0.39, 0.29) is 24.6 Å². The van der Waals surface area contributed by atoms with Crippen molar-refractivity contribution in [1.82, 2.24) is 4.90 Å². The number of para-hydroxylation sites is 2. The third-order valence-corrected chi connectivity index (χ3v) is 4.89. The van der Waals surface area contributed by atoms with E-state index in [2.05, 4.69) is 0 Å². The Morgan fingerprint density at radius 1 is 0.963 bits per heavy atom. The minimum Gasteiger partial charge on any atom is -0.456 e. The van der Waals surface area contributed by atoms with Crippen LogP contribution in [0.15, 0.2) is 54.6 Å². The van der Waals surface area contributed by atoms with Gasteiger partial charge < -0.3 is 14.4 Å². The summed E-state index contributed by atoms with van der Waals surface area (Å²) in [4.78, 5) is 26.9. The van der Waals surface area contributed by atoms with Gasteiger partial charge in [-0.1, -0.05) is 30.3 Å². The molecule has 0 spiro atoms. The molecule has 142 valence electrons. The van der Waals surface area contributed by atoms with E-state index < -0.39 is 5.97 Å². The van der Waals surface area contributed by atoms with Crippen LogP contribution in [0.3, 0.4) is 0 Å². The molecule has 1 saturated heterocycles. The van der Waals surface area contributed by atoms with Crippen molar-refractivity contribution >= 4 is 11.9 Å². The van der Waals surface area contributed by atoms with Crippen molar-refractivity contribution in [3.8, 4) is 11.5 Å². The molecule has 0 saturated carbocycles. The maximum absolute atomic E-state index is 12.5. The number of benzene rings is 2. The molecule has 0 aromatic heterocycles. The molecule has 0 bridgehead atoms. The lowest BCUT2D eigenvalue weighted by molar-refractivity contribution is -0.140. The molecule has 5 heteroatoms. The van der Waals surface area contributed by atoms with Crippen LogP contribution in [-0.2, 0) is 9.53 Å². The quantitative estimate of drug-likeness (QED) is 0.734. The van der Waals surface area contributed by atoms with Crippen LogP contribution in [-0.4, -0.2) is 35.5 Å². The van der Waals surface area contributed by atoms with E-state index in [0.717, 1.165) is 19.3 Å². The molecule has 1 amide bonds. The van der Waals surface area contributed by atoms with Gasteiger partial charge in [0.1, 0.15) is 17.1 Å². The van der Waals surface area contributed by atoms with Gasteiger partial charge in [-0.15, -0.1) is 0 Å². The summed E-state index contributed by atoms with van der Waals surface area (Å²) < 4.78 is 11.1. The number of carbonyl (C=O) groups is 2. The van der Waals surface area contributed by atoms with Crippen molar-refractivity contribution in [3.05, 3.63) is 60.2 Å². The molecular formula is C22H25NO4. The third kappa shape index (κ3) is 4.67. The van der Waals surface area contributed by atoms with Gasteiger partial charge in [0.2, 0.25) is 0 Å². The number of esters is 1. The summed E-state index contributed by atoms with van der Waals surface area (Å²) in [6.07, 6.45) is 3.09. The van der Waals surface area contributed by atoms with Crippen molar-refractivity contribution in [2.24, 2.45) is 0 Å². The van der Waals surface area contributed by atoms with Gasteiger partial charge in [-0.3, -0.25) is 4.79 Å². The van der Waals surface area contributed by atoms with E-state index in [9.17, 15) is 9.59 Å². The van der Waals surface area contributed by atoms with Crippen molar-refractivity contribution in [2.75, 3.05) is 6.61 Å². The average molecular weight is 367 g/mol. The molecule has 2 aromatic carbocycles. The highest BCUT2D eigenvalue weighted by Crippen LogP contribution is 2.26. The Labute approximate surface area is 159 Å². The molecule has 3 rings (SSSR count). The van der Waals surface area contributed by atoms with Crippen LogP contribution in [0.25, 0.3) is 0 Å². The average Bonchev–Trinajstić information content (AvgIpc) is 2.67. The van der Waals surface area contributed by atoms with E-state index in [1.165, 1.54) is 0 Å². The van der Waals surface area contributed by atoms with E-state index in [0.29, 0.717) is 17.1 Å². The van der Waals surface area contributed by atoms with Crippen LogP contribution in [0.5, 0.6) is 11.5 Å². The molecular weight excluding hydrogens is 342 g/mol. The Morgan fingerprint density at radius 3 is 2.30 bits per heavy atom. The summed E-state index contributed by atoms with van der Waals surface area (Å²) in [5, 5.41) is 0. The lowest BCUT2D eigenvalue weighted by Gasteiger charge is -2.38. The van der Waals surface area contributed by atoms with E-state index in [1.54, 1.807) is 24.3 Å². The summed E-state index contributed by atoms with van der Waals surface area (Å²) in [7, 11) is 0. The second kappa shape index (κ2) is 8.71. The van der Waals surface area contributed by atoms with Gasteiger partial charge in [0, 0.05) is 12.1 Å². The zero-order chi connectivity index (χ0) is 19.2. The van der Waals surface area contributed by atoms with Gasteiger partial charge >= 0.3 is 5.97 Å². The van der Waals surface area contributed by atoms with Crippen molar-refractivity contribution in [1.29, 1.82) is 0 Å². The van der Waals surface area contributed by atoms with Crippen molar-refractivity contribution in [2.45, 2.75) is 45.2 Å². The summed E-state index contributed by atoms with van der Waals surface area (Å²) in [5.74, 6) is 0.322. The minimum atomic E-state index is -0.563. The largest absolute Gasteiger partial charge is 0.456 e. The molecule has 0 N–H and O–H groups in total. The van der Waals surface area contributed by atoms with Gasteiger partial charge in [0.25, 0.3) is 5.91 Å². The number of hydrogen-bond donors (Lipinski definition) is 0. The lowest BCUT2D eigenvalue weighted by Crippen LogP contribution is -2.49. The van der Waals surface area contributed by atoms with Crippen LogP contribution in [0.1, 0.15) is 43.5 Å². The zero-order valence-corrected chi connectivity index (χ0v) is 15.8. The van der Waals surface area contributed by atoms with Crippen LogP contribution >= 0.6 is 0 Å². The number of hydrogen-bond acceptors (Lipinski definition) is 4. The van der Waals surface area contributed by atoms with Gasteiger partial charge in [-0.2, -0.15) is 0 Å². The highest BCUT2D eigenvalue weighted by atomic mass is 16.5. The first-order valence-corrected chi connectivity index (χ1v) is 9.36. The maximum atomic E-state index is 12.5. The molecule has 0 radical (unpaired) electrons.